The van der Waals surface area contributed by atoms with Crippen molar-refractivity contribution in [3.8, 4) is 0 Å². The summed E-state index contributed by atoms with van der Waals surface area (Å²) in [5.41, 5.74) is 0. The van der Waals surface area contributed by atoms with Crippen molar-refractivity contribution in [2.75, 3.05) is 6.61 Å². The molecule has 2 nitrogen and oxygen atoms in total. The SMILES string of the molecule is C=CCCCCCCCCC=CCCOC(=O)CCCC. The maximum Gasteiger partial charge on any atom is 0.305 e. The van der Waals surface area contributed by atoms with E-state index in [1.807, 2.05) is 6.08 Å². The Hall–Kier alpha value is -1.05. The van der Waals surface area contributed by atoms with E-state index < -0.39 is 0 Å². The molecule has 0 aromatic rings. The minimum absolute atomic E-state index is 0.0540. The van der Waals surface area contributed by atoms with Gasteiger partial charge in [0.2, 0.25) is 0 Å². The maximum atomic E-state index is 11.3. The molecule has 0 N–H and O–H groups in total. The Labute approximate surface area is 131 Å². The molecule has 0 fully saturated rings. The van der Waals surface area contributed by atoms with E-state index in [9.17, 15) is 4.79 Å². The zero-order valence-electron chi connectivity index (χ0n) is 13.9. The van der Waals surface area contributed by atoms with Crippen LogP contribution in [-0.2, 0) is 9.53 Å². The summed E-state index contributed by atoms with van der Waals surface area (Å²) in [5.74, 6) is -0.0540. The lowest BCUT2D eigenvalue weighted by atomic mass is 10.1. The first kappa shape index (κ1) is 19.9. The van der Waals surface area contributed by atoms with Crippen molar-refractivity contribution in [3.63, 3.8) is 0 Å². The zero-order chi connectivity index (χ0) is 15.6. The van der Waals surface area contributed by atoms with E-state index in [4.69, 9.17) is 4.74 Å². The van der Waals surface area contributed by atoms with E-state index in [-0.39, 0.29) is 5.97 Å². The predicted molar refractivity (Wildman–Crippen MR) is 91.4 cm³/mol. The molecule has 0 saturated carbocycles. The third kappa shape index (κ3) is 16.9. The fourth-order valence-corrected chi connectivity index (χ4v) is 2.13. The van der Waals surface area contributed by atoms with E-state index in [0.717, 1.165) is 32.1 Å². The van der Waals surface area contributed by atoms with Gasteiger partial charge in [0, 0.05) is 6.42 Å². The molecular weight excluding hydrogens is 260 g/mol. The molecule has 0 aliphatic carbocycles. The molecule has 0 aromatic carbocycles. The molecule has 0 unspecified atom stereocenters. The number of rotatable bonds is 15. The van der Waals surface area contributed by atoms with E-state index in [0.29, 0.717) is 13.0 Å². The molecule has 0 atom stereocenters. The highest BCUT2D eigenvalue weighted by Crippen LogP contribution is 2.09. The summed E-state index contributed by atoms with van der Waals surface area (Å²) in [7, 11) is 0. The molecule has 122 valence electrons. The average Bonchev–Trinajstić information content (AvgIpc) is 2.49. The molecule has 2 heteroatoms. The highest BCUT2D eigenvalue weighted by atomic mass is 16.5. The second-order valence-corrected chi connectivity index (χ2v) is 5.57. The zero-order valence-corrected chi connectivity index (χ0v) is 13.9. The quantitative estimate of drug-likeness (QED) is 0.211. The molecule has 0 aliphatic heterocycles. The lowest BCUT2D eigenvalue weighted by Gasteiger charge is -2.01. The monoisotopic (exact) mass is 294 g/mol. The molecule has 0 aliphatic rings. The molecule has 21 heavy (non-hydrogen) atoms. The third-order valence-electron chi connectivity index (χ3n) is 3.48. The number of esters is 1. The van der Waals surface area contributed by atoms with Crippen molar-refractivity contribution in [1.82, 2.24) is 0 Å². The molecule has 0 saturated heterocycles. The lowest BCUT2D eigenvalue weighted by Crippen LogP contribution is -2.04. The average molecular weight is 294 g/mol. The van der Waals surface area contributed by atoms with Crippen LogP contribution in [0.4, 0.5) is 0 Å². The first-order chi connectivity index (χ1) is 10.3. The first-order valence-electron chi connectivity index (χ1n) is 8.72. The molecule has 0 aromatic heterocycles. The fourth-order valence-electron chi connectivity index (χ4n) is 2.13. The minimum atomic E-state index is -0.0540. The molecule has 0 amide bonds. The minimum Gasteiger partial charge on any atom is -0.465 e. The Kier molecular flexibility index (Phi) is 16.2. The van der Waals surface area contributed by atoms with Crippen LogP contribution in [0.2, 0.25) is 0 Å². The number of hydrogen-bond donors (Lipinski definition) is 0. The van der Waals surface area contributed by atoms with Gasteiger partial charge < -0.3 is 4.74 Å². The van der Waals surface area contributed by atoms with E-state index >= 15 is 0 Å². The van der Waals surface area contributed by atoms with Crippen molar-refractivity contribution in [2.24, 2.45) is 0 Å². The van der Waals surface area contributed by atoms with Crippen LogP contribution in [0.25, 0.3) is 0 Å². The smallest absolute Gasteiger partial charge is 0.305 e. The Balaban J connectivity index is 3.18. The van der Waals surface area contributed by atoms with Crippen LogP contribution in [-0.4, -0.2) is 12.6 Å². The van der Waals surface area contributed by atoms with Crippen LogP contribution in [0, 0.1) is 0 Å². The van der Waals surface area contributed by atoms with Crippen LogP contribution < -0.4 is 0 Å². The highest BCUT2D eigenvalue weighted by molar-refractivity contribution is 5.69. The van der Waals surface area contributed by atoms with Gasteiger partial charge >= 0.3 is 5.97 Å². The van der Waals surface area contributed by atoms with Gasteiger partial charge in [0.05, 0.1) is 6.61 Å². The summed E-state index contributed by atoms with van der Waals surface area (Å²) in [6, 6.07) is 0. The predicted octanol–water partition coefficient (Wildman–Crippen LogP) is 5.97. The Bertz CT molecular complexity index is 269. The summed E-state index contributed by atoms with van der Waals surface area (Å²) in [5, 5.41) is 0. The molecule has 0 rings (SSSR count). The summed E-state index contributed by atoms with van der Waals surface area (Å²) in [4.78, 5) is 11.3. The van der Waals surface area contributed by atoms with Crippen LogP contribution in [0.5, 0.6) is 0 Å². The summed E-state index contributed by atoms with van der Waals surface area (Å²) in [6.07, 6.45) is 20.0. The number of ether oxygens (including phenoxy) is 1. The number of unbranched alkanes of at least 4 members (excludes halogenated alkanes) is 8. The topological polar surface area (TPSA) is 26.3 Å². The van der Waals surface area contributed by atoms with Crippen molar-refractivity contribution >= 4 is 5.97 Å². The van der Waals surface area contributed by atoms with Crippen LogP contribution in [0.3, 0.4) is 0 Å². The van der Waals surface area contributed by atoms with Crippen molar-refractivity contribution in [2.45, 2.75) is 84.0 Å². The van der Waals surface area contributed by atoms with Crippen molar-refractivity contribution < 1.29 is 9.53 Å². The van der Waals surface area contributed by atoms with Crippen molar-refractivity contribution in [1.29, 1.82) is 0 Å². The normalized spacial score (nSPS) is 10.9. The Morgan fingerprint density at radius 3 is 2.19 bits per heavy atom. The maximum absolute atomic E-state index is 11.3. The van der Waals surface area contributed by atoms with Gasteiger partial charge in [0.1, 0.15) is 0 Å². The van der Waals surface area contributed by atoms with Gasteiger partial charge in [0.25, 0.3) is 0 Å². The number of allylic oxidation sites excluding steroid dienone is 2. The van der Waals surface area contributed by atoms with Gasteiger partial charge in [-0.2, -0.15) is 0 Å². The van der Waals surface area contributed by atoms with Crippen LogP contribution >= 0.6 is 0 Å². The first-order valence-corrected chi connectivity index (χ1v) is 8.72. The molecule has 0 spiro atoms. The van der Waals surface area contributed by atoms with Gasteiger partial charge in [-0.15, -0.1) is 6.58 Å². The largest absolute Gasteiger partial charge is 0.465 e. The van der Waals surface area contributed by atoms with Gasteiger partial charge in [-0.3, -0.25) is 4.79 Å². The molecular formula is C19H34O2. The second kappa shape index (κ2) is 17.0. The number of carbonyl (C=O) groups is 1. The number of carbonyl (C=O) groups excluding carboxylic acids is 1. The standard InChI is InChI=1S/C19H34O2/c1-3-5-7-8-9-10-11-12-13-14-15-16-18-21-19(20)17-6-4-2/h3,14-15H,1,4-13,16-18H2,2H3. The Morgan fingerprint density at radius 2 is 1.52 bits per heavy atom. The van der Waals surface area contributed by atoms with Crippen LogP contribution in [0.15, 0.2) is 24.8 Å². The van der Waals surface area contributed by atoms with Gasteiger partial charge in [-0.1, -0.05) is 57.3 Å². The summed E-state index contributed by atoms with van der Waals surface area (Å²) < 4.78 is 5.14. The summed E-state index contributed by atoms with van der Waals surface area (Å²) >= 11 is 0. The fraction of sp³-hybridized carbons (Fsp3) is 0.737. The van der Waals surface area contributed by atoms with E-state index in [2.05, 4.69) is 25.7 Å². The highest BCUT2D eigenvalue weighted by Gasteiger charge is 1.99. The van der Waals surface area contributed by atoms with E-state index in [1.54, 1.807) is 0 Å². The number of hydrogen-bond acceptors (Lipinski definition) is 2. The van der Waals surface area contributed by atoms with Gasteiger partial charge in [-0.05, 0) is 38.5 Å². The molecule has 0 bridgehead atoms. The molecule has 0 radical (unpaired) electrons. The van der Waals surface area contributed by atoms with Crippen molar-refractivity contribution in [3.05, 3.63) is 24.8 Å². The Morgan fingerprint density at radius 1 is 0.905 bits per heavy atom. The van der Waals surface area contributed by atoms with Gasteiger partial charge in [0.15, 0.2) is 0 Å². The molecule has 0 heterocycles. The summed E-state index contributed by atoms with van der Waals surface area (Å²) in [6.45, 7) is 6.35. The van der Waals surface area contributed by atoms with E-state index in [1.165, 1.54) is 38.5 Å². The third-order valence-corrected chi connectivity index (χ3v) is 3.48. The lowest BCUT2D eigenvalue weighted by molar-refractivity contribution is -0.143. The second-order valence-electron chi connectivity index (χ2n) is 5.57. The van der Waals surface area contributed by atoms with Crippen LogP contribution in [0.1, 0.15) is 84.0 Å². The van der Waals surface area contributed by atoms with Gasteiger partial charge in [-0.25, -0.2) is 0 Å².